The molecule has 140 valence electrons. The van der Waals surface area contributed by atoms with E-state index in [-0.39, 0.29) is 5.54 Å². The predicted molar refractivity (Wildman–Crippen MR) is 105 cm³/mol. The van der Waals surface area contributed by atoms with Crippen molar-refractivity contribution in [3.8, 4) is 0 Å². The molecule has 0 aromatic rings. The molecule has 0 aliphatic carbocycles. The zero-order valence-corrected chi connectivity index (χ0v) is 16.6. The molecule has 0 aromatic carbocycles. The van der Waals surface area contributed by atoms with E-state index in [1.807, 2.05) is 0 Å². The lowest BCUT2D eigenvalue weighted by Crippen LogP contribution is -2.50. The fraction of sp³-hybridized carbons (Fsp3) is 1.00. The summed E-state index contributed by atoms with van der Waals surface area (Å²) in [5.41, 5.74) is 6.68. The van der Waals surface area contributed by atoms with Crippen LogP contribution in [0.4, 0.5) is 0 Å². The first-order valence-corrected chi connectivity index (χ1v) is 10.3. The molecule has 0 heterocycles. The molecular weight excluding hydrogens is 282 g/mol. The summed E-state index contributed by atoms with van der Waals surface area (Å²) in [6.45, 7) is 14.8. The lowest BCUT2D eigenvalue weighted by Gasteiger charge is -2.31. The normalized spacial score (nSPS) is 12.3. The summed E-state index contributed by atoms with van der Waals surface area (Å²) in [7, 11) is 0. The zero-order chi connectivity index (χ0) is 17.4. The average molecular weight is 328 g/mol. The molecule has 3 nitrogen and oxygen atoms in total. The molecule has 0 aliphatic heterocycles. The minimum Gasteiger partial charge on any atom is -0.324 e. The van der Waals surface area contributed by atoms with Crippen molar-refractivity contribution in [2.75, 3.05) is 32.7 Å². The quantitative estimate of drug-likeness (QED) is 0.385. The van der Waals surface area contributed by atoms with Crippen molar-refractivity contribution >= 4 is 0 Å². The summed E-state index contributed by atoms with van der Waals surface area (Å²) < 4.78 is 0. The van der Waals surface area contributed by atoms with Gasteiger partial charge < -0.3 is 16.0 Å². The van der Waals surface area contributed by atoms with Crippen LogP contribution in [-0.2, 0) is 0 Å². The Bertz CT molecular complexity index is 227. The number of nitrogens with one attached hydrogen (secondary N) is 1. The van der Waals surface area contributed by atoms with E-state index in [9.17, 15) is 0 Å². The highest BCUT2D eigenvalue weighted by Gasteiger charge is 2.23. The summed E-state index contributed by atoms with van der Waals surface area (Å²) in [4.78, 5) is 2.62. The summed E-state index contributed by atoms with van der Waals surface area (Å²) in [5, 5.41) is 3.66. The van der Waals surface area contributed by atoms with Gasteiger partial charge in [-0.1, -0.05) is 66.2 Å². The molecular formula is C20H45N3. The molecule has 23 heavy (non-hydrogen) atoms. The standard InChI is InChI=1S/C20H45N3/c1-5-9-13-20(21,14-10-6-2)19-22-15-18-23(16-11-7-3)17-12-8-4/h22H,5-19,21H2,1-4H3. The van der Waals surface area contributed by atoms with E-state index in [1.165, 1.54) is 64.5 Å². The van der Waals surface area contributed by atoms with Crippen LogP contribution in [-0.4, -0.2) is 43.2 Å². The van der Waals surface area contributed by atoms with Crippen LogP contribution in [0.15, 0.2) is 0 Å². The summed E-state index contributed by atoms with van der Waals surface area (Å²) in [6.07, 6.45) is 12.5. The molecule has 0 saturated heterocycles. The first-order valence-electron chi connectivity index (χ1n) is 10.3. The molecule has 3 N–H and O–H groups in total. The fourth-order valence-corrected chi connectivity index (χ4v) is 3.03. The van der Waals surface area contributed by atoms with Crippen molar-refractivity contribution in [3.05, 3.63) is 0 Å². The lowest BCUT2D eigenvalue weighted by atomic mass is 9.88. The number of nitrogens with zero attached hydrogens (tertiary/aromatic N) is 1. The largest absolute Gasteiger partial charge is 0.324 e. The Hall–Kier alpha value is -0.120. The number of nitrogens with two attached hydrogens (primary N) is 1. The van der Waals surface area contributed by atoms with Gasteiger partial charge in [-0.2, -0.15) is 0 Å². The molecule has 0 bridgehead atoms. The molecule has 0 aliphatic rings. The van der Waals surface area contributed by atoms with E-state index < -0.39 is 0 Å². The minimum absolute atomic E-state index is 0.00366. The minimum atomic E-state index is 0.00366. The lowest BCUT2D eigenvalue weighted by molar-refractivity contribution is 0.256. The van der Waals surface area contributed by atoms with Crippen LogP contribution in [0.5, 0.6) is 0 Å². The van der Waals surface area contributed by atoms with Gasteiger partial charge in [0.15, 0.2) is 0 Å². The van der Waals surface area contributed by atoms with Gasteiger partial charge in [-0.05, 0) is 38.8 Å². The van der Waals surface area contributed by atoms with Crippen molar-refractivity contribution in [1.82, 2.24) is 10.2 Å². The third-order valence-corrected chi connectivity index (χ3v) is 4.79. The maximum Gasteiger partial charge on any atom is 0.0280 e. The van der Waals surface area contributed by atoms with Gasteiger partial charge in [0.2, 0.25) is 0 Å². The first-order chi connectivity index (χ1) is 11.1. The van der Waals surface area contributed by atoms with Gasteiger partial charge in [-0.15, -0.1) is 0 Å². The zero-order valence-electron chi connectivity index (χ0n) is 16.6. The topological polar surface area (TPSA) is 41.3 Å². The van der Waals surface area contributed by atoms with E-state index >= 15 is 0 Å². The van der Waals surface area contributed by atoms with Crippen molar-refractivity contribution in [1.29, 1.82) is 0 Å². The molecule has 0 aromatic heterocycles. The number of rotatable bonds is 17. The highest BCUT2D eigenvalue weighted by Crippen LogP contribution is 2.18. The Morgan fingerprint density at radius 3 is 1.65 bits per heavy atom. The predicted octanol–water partition coefficient (Wildman–Crippen LogP) is 4.56. The van der Waals surface area contributed by atoms with Crippen molar-refractivity contribution in [2.45, 2.75) is 97.4 Å². The van der Waals surface area contributed by atoms with E-state index in [4.69, 9.17) is 5.73 Å². The first kappa shape index (κ1) is 22.9. The van der Waals surface area contributed by atoms with Crippen molar-refractivity contribution in [3.63, 3.8) is 0 Å². The van der Waals surface area contributed by atoms with E-state index in [0.717, 1.165) is 32.5 Å². The van der Waals surface area contributed by atoms with Gasteiger partial charge in [0.1, 0.15) is 0 Å². The van der Waals surface area contributed by atoms with Gasteiger partial charge in [-0.25, -0.2) is 0 Å². The van der Waals surface area contributed by atoms with E-state index in [2.05, 4.69) is 37.9 Å². The SMILES string of the molecule is CCCCN(CCCC)CCNCC(N)(CCCC)CCCC. The van der Waals surface area contributed by atoms with Crippen LogP contribution < -0.4 is 11.1 Å². The second-order valence-electron chi connectivity index (χ2n) is 7.30. The van der Waals surface area contributed by atoms with Crippen LogP contribution in [0.1, 0.15) is 91.9 Å². The van der Waals surface area contributed by atoms with Gasteiger partial charge in [0.05, 0.1) is 0 Å². The van der Waals surface area contributed by atoms with Crippen LogP contribution in [0.3, 0.4) is 0 Å². The Labute approximate surface area is 146 Å². The van der Waals surface area contributed by atoms with Gasteiger partial charge >= 0.3 is 0 Å². The Kier molecular flexibility index (Phi) is 15.3. The van der Waals surface area contributed by atoms with Crippen LogP contribution in [0.25, 0.3) is 0 Å². The van der Waals surface area contributed by atoms with Gasteiger partial charge in [0.25, 0.3) is 0 Å². The van der Waals surface area contributed by atoms with Crippen LogP contribution in [0, 0.1) is 0 Å². The third-order valence-electron chi connectivity index (χ3n) is 4.79. The summed E-state index contributed by atoms with van der Waals surface area (Å²) >= 11 is 0. The van der Waals surface area contributed by atoms with Crippen LogP contribution >= 0.6 is 0 Å². The average Bonchev–Trinajstić information content (AvgIpc) is 2.57. The number of hydrogen-bond donors (Lipinski definition) is 2. The molecule has 0 amide bonds. The Morgan fingerprint density at radius 1 is 0.739 bits per heavy atom. The van der Waals surface area contributed by atoms with E-state index in [1.54, 1.807) is 0 Å². The fourth-order valence-electron chi connectivity index (χ4n) is 3.03. The summed E-state index contributed by atoms with van der Waals surface area (Å²) in [6, 6.07) is 0. The third kappa shape index (κ3) is 12.9. The monoisotopic (exact) mass is 327 g/mol. The molecule has 0 spiro atoms. The second-order valence-corrected chi connectivity index (χ2v) is 7.30. The molecule has 0 saturated carbocycles. The van der Waals surface area contributed by atoms with Crippen LogP contribution in [0.2, 0.25) is 0 Å². The van der Waals surface area contributed by atoms with Crippen molar-refractivity contribution < 1.29 is 0 Å². The highest BCUT2D eigenvalue weighted by atomic mass is 15.1. The molecule has 3 heteroatoms. The molecule has 0 rings (SSSR count). The maximum absolute atomic E-state index is 6.67. The maximum atomic E-state index is 6.67. The summed E-state index contributed by atoms with van der Waals surface area (Å²) in [5.74, 6) is 0. The highest BCUT2D eigenvalue weighted by molar-refractivity contribution is 4.86. The second kappa shape index (κ2) is 15.4. The van der Waals surface area contributed by atoms with Crippen molar-refractivity contribution in [2.24, 2.45) is 5.73 Å². The van der Waals surface area contributed by atoms with Gasteiger partial charge in [0, 0.05) is 25.2 Å². The number of hydrogen-bond acceptors (Lipinski definition) is 3. The molecule has 0 atom stereocenters. The number of unbranched alkanes of at least 4 members (excludes halogenated alkanes) is 4. The molecule has 0 fully saturated rings. The molecule has 0 unspecified atom stereocenters. The van der Waals surface area contributed by atoms with E-state index in [0.29, 0.717) is 0 Å². The van der Waals surface area contributed by atoms with Gasteiger partial charge in [-0.3, -0.25) is 0 Å². The molecule has 0 radical (unpaired) electrons. The Balaban J connectivity index is 4.11. The Morgan fingerprint density at radius 2 is 1.22 bits per heavy atom. The smallest absolute Gasteiger partial charge is 0.0280 e.